The van der Waals surface area contributed by atoms with E-state index in [1.165, 1.54) is 62.7 Å². The first-order chi connectivity index (χ1) is 9.93. The van der Waals surface area contributed by atoms with Gasteiger partial charge in [0.25, 0.3) is 0 Å². The van der Waals surface area contributed by atoms with Gasteiger partial charge in [0.1, 0.15) is 0 Å². The highest BCUT2D eigenvalue weighted by molar-refractivity contribution is 5.41. The van der Waals surface area contributed by atoms with Crippen LogP contribution in [0.25, 0.3) is 5.69 Å². The molecule has 1 heterocycles. The number of aromatic nitrogens is 2. The van der Waals surface area contributed by atoms with E-state index in [2.05, 4.69) is 35.0 Å². The van der Waals surface area contributed by atoms with Gasteiger partial charge in [-0.1, -0.05) is 37.5 Å². The molecule has 0 bridgehead atoms. The summed E-state index contributed by atoms with van der Waals surface area (Å²) in [6, 6.07) is 10.7. The van der Waals surface area contributed by atoms with Crippen LogP contribution in [-0.4, -0.2) is 9.78 Å². The van der Waals surface area contributed by atoms with Gasteiger partial charge in [-0.15, -0.1) is 0 Å². The van der Waals surface area contributed by atoms with E-state index in [-0.39, 0.29) is 0 Å². The van der Waals surface area contributed by atoms with Crippen molar-refractivity contribution in [1.82, 2.24) is 9.78 Å². The molecule has 2 aromatic rings. The van der Waals surface area contributed by atoms with Crippen LogP contribution in [-0.2, 0) is 12.8 Å². The minimum atomic E-state index is 0.735. The Labute approximate surface area is 120 Å². The highest BCUT2D eigenvalue weighted by Crippen LogP contribution is 2.39. The molecule has 20 heavy (non-hydrogen) atoms. The second kappa shape index (κ2) is 5.08. The SMILES string of the molecule is c1ccc(-n2nc3c(c2C2CCCCC2)CCC3)cc1. The fraction of sp³-hybridized carbons (Fsp3) is 0.500. The van der Waals surface area contributed by atoms with Crippen molar-refractivity contribution in [3.63, 3.8) is 0 Å². The largest absolute Gasteiger partial charge is 0.237 e. The molecule has 0 unspecified atom stereocenters. The van der Waals surface area contributed by atoms with Gasteiger partial charge in [0, 0.05) is 5.92 Å². The number of para-hydroxylation sites is 1. The number of benzene rings is 1. The normalized spacial score (nSPS) is 19.2. The number of hydrogen-bond acceptors (Lipinski definition) is 1. The summed E-state index contributed by atoms with van der Waals surface area (Å²) >= 11 is 0. The van der Waals surface area contributed by atoms with Crippen LogP contribution >= 0.6 is 0 Å². The predicted molar refractivity (Wildman–Crippen MR) is 81.4 cm³/mol. The van der Waals surface area contributed by atoms with Crippen LogP contribution in [0, 0.1) is 0 Å². The van der Waals surface area contributed by atoms with Crippen LogP contribution in [0.1, 0.15) is 61.4 Å². The van der Waals surface area contributed by atoms with E-state index in [1.807, 2.05) is 0 Å². The fourth-order valence-electron chi connectivity index (χ4n) is 3.98. The summed E-state index contributed by atoms with van der Waals surface area (Å²) in [4.78, 5) is 0. The molecule has 0 aliphatic heterocycles. The molecule has 1 aromatic heterocycles. The van der Waals surface area contributed by atoms with E-state index >= 15 is 0 Å². The lowest BCUT2D eigenvalue weighted by Gasteiger charge is -2.24. The van der Waals surface area contributed by atoms with Gasteiger partial charge in [0.05, 0.1) is 17.1 Å². The van der Waals surface area contributed by atoms with Crippen molar-refractivity contribution in [3.8, 4) is 5.69 Å². The monoisotopic (exact) mass is 266 g/mol. The molecule has 0 N–H and O–H groups in total. The third-order valence-corrected chi connectivity index (χ3v) is 4.94. The number of fused-ring (bicyclic) bond motifs is 1. The van der Waals surface area contributed by atoms with Crippen molar-refractivity contribution in [2.24, 2.45) is 0 Å². The van der Waals surface area contributed by atoms with E-state index in [0.29, 0.717) is 0 Å². The van der Waals surface area contributed by atoms with Crippen molar-refractivity contribution >= 4 is 0 Å². The zero-order chi connectivity index (χ0) is 13.4. The number of nitrogens with zero attached hydrogens (tertiary/aromatic N) is 2. The van der Waals surface area contributed by atoms with Crippen molar-refractivity contribution < 1.29 is 0 Å². The number of hydrogen-bond donors (Lipinski definition) is 0. The summed E-state index contributed by atoms with van der Waals surface area (Å²) < 4.78 is 2.26. The number of aryl methyl sites for hydroxylation is 1. The van der Waals surface area contributed by atoms with Crippen LogP contribution in [0.5, 0.6) is 0 Å². The first-order valence-corrected chi connectivity index (χ1v) is 8.09. The summed E-state index contributed by atoms with van der Waals surface area (Å²) in [6.45, 7) is 0. The maximum atomic E-state index is 4.95. The first-order valence-electron chi connectivity index (χ1n) is 8.09. The molecular formula is C18H22N2. The Balaban J connectivity index is 1.82. The molecule has 4 rings (SSSR count). The standard InChI is InChI=1S/C18H22N2/c1-3-8-14(9-4-1)18-16-12-7-13-17(16)19-20(18)15-10-5-2-6-11-15/h2,5-6,10-11,14H,1,3-4,7-9,12-13H2. The molecule has 0 amide bonds. The van der Waals surface area contributed by atoms with Gasteiger partial charge >= 0.3 is 0 Å². The van der Waals surface area contributed by atoms with E-state index in [9.17, 15) is 0 Å². The second-order valence-electron chi connectivity index (χ2n) is 6.25. The van der Waals surface area contributed by atoms with Crippen LogP contribution in [0.3, 0.4) is 0 Å². The molecule has 2 nitrogen and oxygen atoms in total. The molecule has 1 fully saturated rings. The summed E-state index contributed by atoms with van der Waals surface area (Å²) in [6.07, 6.45) is 10.6. The zero-order valence-electron chi connectivity index (χ0n) is 12.0. The lowest BCUT2D eigenvalue weighted by Crippen LogP contribution is -2.12. The molecule has 1 saturated carbocycles. The van der Waals surface area contributed by atoms with Crippen LogP contribution in [0.4, 0.5) is 0 Å². The van der Waals surface area contributed by atoms with Gasteiger partial charge < -0.3 is 0 Å². The van der Waals surface area contributed by atoms with E-state index in [4.69, 9.17) is 5.10 Å². The summed E-state index contributed by atoms with van der Waals surface area (Å²) in [5.74, 6) is 0.735. The molecule has 2 aliphatic rings. The summed E-state index contributed by atoms with van der Waals surface area (Å²) in [5, 5.41) is 4.95. The fourth-order valence-corrected chi connectivity index (χ4v) is 3.98. The molecule has 0 saturated heterocycles. The topological polar surface area (TPSA) is 17.8 Å². The van der Waals surface area contributed by atoms with Crippen molar-refractivity contribution in [3.05, 3.63) is 47.3 Å². The highest BCUT2D eigenvalue weighted by Gasteiger charge is 2.28. The van der Waals surface area contributed by atoms with Crippen molar-refractivity contribution in [2.45, 2.75) is 57.3 Å². The van der Waals surface area contributed by atoms with E-state index < -0.39 is 0 Å². The van der Waals surface area contributed by atoms with E-state index in [1.54, 1.807) is 11.3 Å². The Morgan fingerprint density at radius 2 is 1.70 bits per heavy atom. The first kappa shape index (κ1) is 12.2. The Kier molecular flexibility index (Phi) is 3.10. The van der Waals surface area contributed by atoms with Crippen LogP contribution in [0.2, 0.25) is 0 Å². The zero-order valence-corrected chi connectivity index (χ0v) is 12.0. The maximum absolute atomic E-state index is 4.95. The predicted octanol–water partition coefficient (Wildman–Crippen LogP) is 4.41. The second-order valence-corrected chi connectivity index (χ2v) is 6.25. The van der Waals surface area contributed by atoms with Gasteiger partial charge in [-0.05, 0) is 49.8 Å². The smallest absolute Gasteiger partial charge is 0.0664 e. The Bertz CT molecular complexity index is 591. The molecule has 2 aliphatic carbocycles. The molecule has 2 heteroatoms. The molecule has 0 radical (unpaired) electrons. The average molecular weight is 266 g/mol. The Morgan fingerprint density at radius 3 is 2.50 bits per heavy atom. The molecular weight excluding hydrogens is 244 g/mol. The quantitative estimate of drug-likeness (QED) is 0.787. The molecule has 0 atom stereocenters. The van der Waals surface area contributed by atoms with Crippen LogP contribution in [0.15, 0.2) is 30.3 Å². The Morgan fingerprint density at radius 1 is 0.900 bits per heavy atom. The third-order valence-electron chi connectivity index (χ3n) is 4.94. The van der Waals surface area contributed by atoms with Crippen molar-refractivity contribution in [2.75, 3.05) is 0 Å². The summed E-state index contributed by atoms with van der Waals surface area (Å²) in [5.41, 5.74) is 5.74. The highest BCUT2D eigenvalue weighted by atomic mass is 15.3. The van der Waals surface area contributed by atoms with Crippen molar-refractivity contribution in [1.29, 1.82) is 0 Å². The van der Waals surface area contributed by atoms with Gasteiger partial charge in [-0.3, -0.25) is 0 Å². The van der Waals surface area contributed by atoms with E-state index in [0.717, 1.165) is 5.92 Å². The van der Waals surface area contributed by atoms with Gasteiger partial charge in [0.15, 0.2) is 0 Å². The lowest BCUT2D eigenvalue weighted by atomic mass is 9.85. The van der Waals surface area contributed by atoms with Gasteiger partial charge in [-0.25, -0.2) is 4.68 Å². The van der Waals surface area contributed by atoms with Gasteiger partial charge in [-0.2, -0.15) is 5.10 Å². The average Bonchev–Trinajstić information content (AvgIpc) is 3.09. The van der Waals surface area contributed by atoms with Crippen LogP contribution < -0.4 is 0 Å². The summed E-state index contributed by atoms with van der Waals surface area (Å²) in [7, 11) is 0. The molecule has 0 spiro atoms. The number of rotatable bonds is 2. The molecule has 104 valence electrons. The minimum absolute atomic E-state index is 0.735. The Hall–Kier alpha value is -1.57. The maximum Gasteiger partial charge on any atom is 0.0664 e. The lowest BCUT2D eigenvalue weighted by molar-refractivity contribution is 0.427. The molecule has 1 aromatic carbocycles. The van der Waals surface area contributed by atoms with Gasteiger partial charge in [0.2, 0.25) is 0 Å². The minimum Gasteiger partial charge on any atom is -0.237 e. The third kappa shape index (κ3) is 1.98.